The Bertz CT molecular complexity index is 684. The molecule has 1 N–H and O–H groups in total. The van der Waals surface area contributed by atoms with Crippen LogP contribution < -0.4 is 10.2 Å². The van der Waals surface area contributed by atoms with Gasteiger partial charge in [0.25, 0.3) is 0 Å². The van der Waals surface area contributed by atoms with Crippen LogP contribution in [0.15, 0.2) is 24.3 Å². The molecule has 3 rings (SSSR count). The first-order valence-corrected chi connectivity index (χ1v) is 9.66. The first-order valence-electron chi connectivity index (χ1n) is 9.66. The summed E-state index contributed by atoms with van der Waals surface area (Å²) in [4.78, 5) is 29.4. The number of carbonyl (C=O) groups is 2. The van der Waals surface area contributed by atoms with Gasteiger partial charge in [-0.2, -0.15) is 0 Å². The third-order valence-corrected chi connectivity index (χ3v) is 5.80. The minimum absolute atomic E-state index is 0.00216. The molecule has 2 atom stereocenters. The lowest BCUT2D eigenvalue weighted by molar-refractivity contribution is -0.126. The molecule has 2 aliphatic rings. The van der Waals surface area contributed by atoms with Crippen LogP contribution in [-0.2, 0) is 15.0 Å². The zero-order chi connectivity index (χ0) is 18.9. The maximum atomic E-state index is 12.9. The number of rotatable bonds is 5. The van der Waals surface area contributed by atoms with Gasteiger partial charge in [0.1, 0.15) is 6.54 Å². The van der Waals surface area contributed by atoms with E-state index in [1.807, 2.05) is 38.1 Å². The zero-order valence-corrected chi connectivity index (χ0v) is 16.4. The standard InChI is InChI=1S/C21H31N3O2/c1-21(2)16-10-6-8-12-18(16)24(20(21)26)14-19(25)22-17-11-7-5-9-15(17)13-23(3)4/h6,8,10,12,15,17H,5,7,9,11,13-14H2,1-4H3,(H,22,25). The van der Waals surface area contributed by atoms with E-state index in [2.05, 4.69) is 24.3 Å². The van der Waals surface area contributed by atoms with E-state index in [-0.39, 0.29) is 24.4 Å². The third-order valence-electron chi connectivity index (χ3n) is 5.80. The van der Waals surface area contributed by atoms with Gasteiger partial charge in [0.05, 0.1) is 5.41 Å². The Morgan fingerprint density at radius 2 is 1.92 bits per heavy atom. The highest BCUT2D eigenvalue weighted by Crippen LogP contribution is 2.41. The topological polar surface area (TPSA) is 52.7 Å². The average Bonchev–Trinajstić information content (AvgIpc) is 2.78. The number of hydrogen-bond donors (Lipinski definition) is 1. The smallest absolute Gasteiger partial charge is 0.240 e. The molecular formula is C21H31N3O2. The SMILES string of the molecule is CN(C)CC1CCCCC1NC(=O)CN1C(=O)C(C)(C)c2ccccc21. The summed E-state index contributed by atoms with van der Waals surface area (Å²) in [5.41, 5.74) is 1.29. The van der Waals surface area contributed by atoms with Gasteiger partial charge >= 0.3 is 0 Å². The van der Waals surface area contributed by atoms with Crippen LogP contribution in [0.2, 0.25) is 0 Å². The van der Waals surface area contributed by atoms with Crippen molar-refractivity contribution in [2.75, 3.05) is 32.1 Å². The van der Waals surface area contributed by atoms with E-state index in [1.165, 1.54) is 6.42 Å². The van der Waals surface area contributed by atoms with Gasteiger partial charge in [-0.1, -0.05) is 31.0 Å². The monoisotopic (exact) mass is 357 g/mol. The maximum absolute atomic E-state index is 12.9. The van der Waals surface area contributed by atoms with E-state index in [0.717, 1.165) is 37.1 Å². The highest BCUT2D eigenvalue weighted by Gasteiger charge is 2.44. The first kappa shape index (κ1) is 18.9. The van der Waals surface area contributed by atoms with Crippen molar-refractivity contribution in [1.29, 1.82) is 0 Å². The summed E-state index contributed by atoms with van der Waals surface area (Å²) in [6.07, 6.45) is 4.58. The van der Waals surface area contributed by atoms with E-state index in [4.69, 9.17) is 0 Å². The van der Waals surface area contributed by atoms with Crippen molar-refractivity contribution in [3.63, 3.8) is 0 Å². The second-order valence-corrected chi connectivity index (χ2v) is 8.51. The second kappa shape index (κ2) is 7.39. The molecule has 1 heterocycles. The van der Waals surface area contributed by atoms with Crippen molar-refractivity contribution in [2.45, 2.75) is 51.0 Å². The fraction of sp³-hybridized carbons (Fsp3) is 0.619. The molecule has 26 heavy (non-hydrogen) atoms. The third kappa shape index (κ3) is 3.63. The van der Waals surface area contributed by atoms with E-state index in [9.17, 15) is 9.59 Å². The lowest BCUT2D eigenvalue weighted by Gasteiger charge is -2.34. The number of benzene rings is 1. The summed E-state index contributed by atoms with van der Waals surface area (Å²) in [6, 6.07) is 8.00. The Balaban J connectivity index is 1.69. The lowest BCUT2D eigenvalue weighted by atomic mass is 9.84. The summed E-state index contributed by atoms with van der Waals surface area (Å²) in [6.45, 7) is 4.95. The van der Waals surface area contributed by atoms with Crippen LogP contribution in [0.4, 0.5) is 5.69 Å². The highest BCUT2D eigenvalue weighted by molar-refractivity contribution is 6.10. The molecule has 0 saturated heterocycles. The lowest BCUT2D eigenvalue weighted by Crippen LogP contribution is -2.49. The number of fused-ring (bicyclic) bond motifs is 1. The largest absolute Gasteiger partial charge is 0.351 e. The molecule has 0 spiro atoms. The number of hydrogen-bond acceptors (Lipinski definition) is 3. The van der Waals surface area contributed by atoms with Gasteiger partial charge in [0.2, 0.25) is 11.8 Å². The van der Waals surface area contributed by atoms with Crippen molar-refractivity contribution < 1.29 is 9.59 Å². The maximum Gasteiger partial charge on any atom is 0.240 e. The van der Waals surface area contributed by atoms with Gasteiger partial charge in [-0.15, -0.1) is 0 Å². The minimum Gasteiger partial charge on any atom is -0.351 e. The fourth-order valence-corrected chi connectivity index (χ4v) is 4.44. The Hall–Kier alpha value is -1.88. The normalized spacial score (nSPS) is 24.7. The van der Waals surface area contributed by atoms with Crippen LogP contribution in [0.25, 0.3) is 0 Å². The quantitative estimate of drug-likeness (QED) is 0.881. The number of para-hydroxylation sites is 1. The predicted molar refractivity (Wildman–Crippen MR) is 104 cm³/mol. The molecule has 0 aromatic heterocycles. The molecule has 1 aliphatic carbocycles. The number of anilines is 1. The van der Waals surface area contributed by atoms with Crippen molar-refractivity contribution in [3.05, 3.63) is 29.8 Å². The molecule has 5 nitrogen and oxygen atoms in total. The van der Waals surface area contributed by atoms with Gasteiger partial charge in [-0.3, -0.25) is 9.59 Å². The number of carbonyl (C=O) groups excluding carboxylic acids is 2. The second-order valence-electron chi connectivity index (χ2n) is 8.51. The van der Waals surface area contributed by atoms with Crippen LogP contribution in [0, 0.1) is 5.92 Å². The Morgan fingerprint density at radius 3 is 2.65 bits per heavy atom. The van der Waals surface area contributed by atoms with Crippen LogP contribution in [0.3, 0.4) is 0 Å². The highest BCUT2D eigenvalue weighted by atomic mass is 16.2. The van der Waals surface area contributed by atoms with Crippen molar-refractivity contribution in [3.8, 4) is 0 Å². The van der Waals surface area contributed by atoms with Crippen molar-refractivity contribution >= 4 is 17.5 Å². The summed E-state index contributed by atoms with van der Waals surface area (Å²) >= 11 is 0. The van der Waals surface area contributed by atoms with Crippen LogP contribution in [-0.4, -0.2) is 49.9 Å². The Morgan fingerprint density at radius 1 is 1.23 bits per heavy atom. The summed E-state index contributed by atoms with van der Waals surface area (Å²) in [7, 11) is 4.16. The predicted octanol–water partition coefficient (Wildman–Crippen LogP) is 2.55. The van der Waals surface area contributed by atoms with Gasteiger partial charge in [-0.05, 0) is 58.3 Å². The molecule has 2 unspecified atom stereocenters. The minimum atomic E-state index is -0.574. The van der Waals surface area contributed by atoms with Gasteiger partial charge in [0.15, 0.2) is 0 Å². The van der Waals surface area contributed by atoms with Gasteiger partial charge in [0, 0.05) is 18.3 Å². The Labute approximate surface area is 156 Å². The Kier molecular flexibility index (Phi) is 5.37. The van der Waals surface area contributed by atoms with Gasteiger partial charge < -0.3 is 15.1 Å². The zero-order valence-electron chi connectivity index (χ0n) is 16.4. The van der Waals surface area contributed by atoms with E-state index in [1.54, 1.807) is 4.90 Å². The molecule has 1 aromatic carbocycles. The molecule has 142 valence electrons. The molecule has 5 heteroatoms. The number of nitrogens with zero attached hydrogens (tertiary/aromatic N) is 2. The van der Waals surface area contributed by atoms with E-state index < -0.39 is 5.41 Å². The molecule has 1 aliphatic heterocycles. The van der Waals surface area contributed by atoms with E-state index in [0.29, 0.717) is 5.92 Å². The molecule has 1 fully saturated rings. The summed E-state index contributed by atoms with van der Waals surface area (Å²) < 4.78 is 0. The molecule has 0 bridgehead atoms. The summed E-state index contributed by atoms with van der Waals surface area (Å²) in [5.74, 6) is 0.435. The van der Waals surface area contributed by atoms with Crippen LogP contribution >= 0.6 is 0 Å². The van der Waals surface area contributed by atoms with Gasteiger partial charge in [-0.25, -0.2) is 0 Å². The van der Waals surface area contributed by atoms with Crippen molar-refractivity contribution in [1.82, 2.24) is 10.2 Å². The number of nitrogens with one attached hydrogen (secondary N) is 1. The van der Waals surface area contributed by atoms with E-state index >= 15 is 0 Å². The molecule has 2 amide bonds. The van der Waals surface area contributed by atoms with Crippen molar-refractivity contribution in [2.24, 2.45) is 5.92 Å². The summed E-state index contributed by atoms with van der Waals surface area (Å²) in [5, 5.41) is 3.22. The fourth-order valence-electron chi connectivity index (χ4n) is 4.44. The van der Waals surface area contributed by atoms with Crippen LogP contribution in [0.1, 0.15) is 45.1 Å². The molecule has 1 aromatic rings. The molecular weight excluding hydrogens is 326 g/mol. The number of amides is 2. The first-order chi connectivity index (χ1) is 12.3. The average molecular weight is 357 g/mol. The molecule has 0 radical (unpaired) electrons. The van der Waals surface area contributed by atoms with Crippen LogP contribution in [0.5, 0.6) is 0 Å². The molecule has 1 saturated carbocycles.